The maximum atomic E-state index is 12.5. The number of amides is 2. The van der Waals surface area contributed by atoms with Gasteiger partial charge in [0, 0.05) is 26.2 Å². The van der Waals surface area contributed by atoms with Crippen molar-refractivity contribution in [3.63, 3.8) is 0 Å². The fourth-order valence-electron chi connectivity index (χ4n) is 6.21. The predicted octanol–water partition coefficient (Wildman–Crippen LogP) is -1.12. The van der Waals surface area contributed by atoms with Crippen molar-refractivity contribution in [3.05, 3.63) is 70.8 Å². The van der Waals surface area contributed by atoms with Crippen LogP contribution in [0.3, 0.4) is 0 Å². The van der Waals surface area contributed by atoms with Gasteiger partial charge in [-0.05, 0) is 60.8 Å². The fourth-order valence-corrected chi connectivity index (χ4v) is 6.21. The Morgan fingerprint density at radius 3 is 1.37 bits per heavy atom. The van der Waals surface area contributed by atoms with Gasteiger partial charge in [0.25, 0.3) is 0 Å². The second kappa shape index (κ2) is 13.6. The zero-order valence-electron chi connectivity index (χ0n) is 22.6. The number of hydrogen-bond acceptors (Lipinski definition) is 8. The second-order valence-electron chi connectivity index (χ2n) is 10.8. The Morgan fingerprint density at radius 1 is 0.634 bits per heavy atom. The van der Waals surface area contributed by atoms with E-state index in [0.29, 0.717) is 51.9 Å². The maximum absolute atomic E-state index is 12.5. The largest absolute Gasteiger partial charge is 2.00 e. The molecule has 2 saturated heterocycles. The first-order valence-corrected chi connectivity index (χ1v) is 14.0. The summed E-state index contributed by atoms with van der Waals surface area (Å²) in [4.78, 5) is 50.1. The summed E-state index contributed by atoms with van der Waals surface area (Å²) >= 11 is 0. The molecular weight excluding hydrogens is 576 g/mol. The van der Waals surface area contributed by atoms with E-state index in [1.165, 1.54) is 20.9 Å². The molecule has 2 unspecified atom stereocenters. The number of fused-ring (bicyclic) bond motifs is 2. The van der Waals surface area contributed by atoms with Crippen molar-refractivity contribution in [3.8, 4) is 0 Å². The number of hydrogen-bond donors (Lipinski definition) is 2. The second-order valence-corrected chi connectivity index (χ2v) is 10.8. The van der Waals surface area contributed by atoms with Crippen LogP contribution in [0.1, 0.15) is 47.9 Å². The zero-order valence-corrected chi connectivity index (χ0v) is 23.6. The molecule has 2 fully saturated rings. The van der Waals surface area contributed by atoms with Gasteiger partial charge in [0.2, 0.25) is 11.8 Å². The molecule has 2 aromatic carbocycles. The number of rotatable bonds is 4. The molecule has 4 aliphatic heterocycles. The molecule has 11 heteroatoms. The van der Waals surface area contributed by atoms with E-state index >= 15 is 0 Å². The number of carboxylic acid groups (broad SMARTS) is 2. The van der Waals surface area contributed by atoms with Crippen LogP contribution < -0.4 is 20.8 Å². The minimum atomic E-state index is -1.15. The summed E-state index contributed by atoms with van der Waals surface area (Å²) in [6.07, 6.45) is 3.69. The number of likely N-dealkylation sites (tertiary alicyclic amines) is 2. The molecule has 0 bridgehead atoms. The van der Waals surface area contributed by atoms with Crippen LogP contribution >= 0.6 is 0 Å². The van der Waals surface area contributed by atoms with Gasteiger partial charge in [0.15, 0.2) is 0 Å². The maximum Gasteiger partial charge on any atom is 2.00 e. The Morgan fingerprint density at radius 2 is 1.00 bits per heavy atom. The Balaban J connectivity index is 0.000000184. The van der Waals surface area contributed by atoms with Crippen molar-refractivity contribution in [1.82, 2.24) is 20.4 Å². The van der Waals surface area contributed by atoms with Gasteiger partial charge in [-0.3, -0.25) is 9.59 Å². The van der Waals surface area contributed by atoms with E-state index in [-0.39, 0.29) is 41.0 Å². The minimum absolute atomic E-state index is 0. The van der Waals surface area contributed by atoms with Crippen molar-refractivity contribution in [2.45, 2.75) is 75.8 Å². The molecule has 4 heterocycles. The fraction of sp³-hybridized carbons (Fsp3) is 0.467. The smallest absolute Gasteiger partial charge is 0.548 e. The van der Waals surface area contributed by atoms with E-state index < -0.39 is 24.0 Å². The third-order valence-electron chi connectivity index (χ3n) is 8.37. The van der Waals surface area contributed by atoms with Crippen LogP contribution in [0.2, 0.25) is 0 Å². The van der Waals surface area contributed by atoms with Gasteiger partial charge in [-0.2, -0.15) is 0 Å². The van der Waals surface area contributed by atoms with Crippen LogP contribution in [-0.4, -0.2) is 70.8 Å². The number of aliphatic carboxylic acids is 2. The molecule has 0 aliphatic carbocycles. The van der Waals surface area contributed by atoms with Gasteiger partial charge in [0.1, 0.15) is 0 Å². The van der Waals surface area contributed by atoms with E-state index in [9.17, 15) is 29.4 Å². The first kappa shape index (κ1) is 30.7. The molecule has 0 saturated carbocycles. The van der Waals surface area contributed by atoms with Crippen molar-refractivity contribution in [1.29, 1.82) is 0 Å². The summed E-state index contributed by atoms with van der Waals surface area (Å²) < 4.78 is 0. The quantitative estimate of drug-likeness (QED) is 0.415. The molecule has 4 aliphatic rings. The zero-order chi connectivity index (χ0) is 28.2. The van der Waals surface area contributed by atoms with Crippen LogP contribution in [0.5, 0.6) is 0 Å². The van der Waals surface area contributed by atoms with E-state index in [2.05, 4.69) is 10.6 Å². The number of carbonyl (C=O) groups is 4. The number of benzene rings is 2. The Kier molecular flexibility index (Phi) is 10.2. The molecule has 1 radical (unpaired) electrons. The average Bonchev–Trinajstić information content (AvgIpc) is 3.67. The SMILES string of the molecule is O=C([O-])C1CCCN1C(=O)[C@@H]1Cc2ccccc2CN1.O=C([O-])C1CCCN1C(=O)[C@@H]1Cc2ccccc2CN1.[Cu+2]. The monoisotopic (exact) mass is 609 g/mol. The van der Waals surface area contributed by atoms with Crippen LogP contribution in [-0.2, 0) is 62.2 Å². The topological polar surface area (TPSA) is 145 Å². The Hall–Kier alpha value is -3.24. The molecule has 221 valence electrons. The third-order valence-corrected chi connectivity index (χ3v) is 8.37. The first-order chi connectivity index (χ1) is 19.3. The normalized spacial score (nSPS) is 24.7. The summed E-state index contributed by atoms with van der Waals surface area (Å²) in [6.45, 7) is 2.32. The average molecular weight is 610 g/mol. The molecule has 0 aromatic heterocycles. The van der Waals surface area contributed by atoms with Crippen LogP contribution in [0.15, 0.2) is 48.5 Å². The summed E-state index contributed by atoms with van der Waals surface area (Å²) in [5, 5.41) is 28.6. The molecule has 41 heavy (non-hydrogen) atoms. The van der Waals surface area contributed by atoms with Crippen LogP contribution in [0.25, 0.3) is 0 Å². The number of nitrogens with zero attached hydrogens (tertiary/aromatic N) is 2. The summed E-state index contributed by atoms with van der Waals surface area (Å²) in [6, 6.07) is 13.8. The summed E-state index contributed by atoms with van der Waals surface area (Å²) in [5.74, 6) is -2.53. The van der Waals surface area contributed by atoms with Crippen molar-refractivity contribution < 1.29 is 46.5 Å². The number of carbonyl (C=O) groups excluding carboxylic acids is 4. The molecule has 2 N–H and O–H groups in total. The van der Waals surface area contributed by atoms with E-state index in [1.807, 2.05) is 48.5 Å². The Bertz CT molecular complexity index is 1190. The van der Waals surface area contributed by atoms with Gasteiger partial charge in [0.05, 0.1) is 36.1 Å². The van der Waals surface area contributed by atoms with Gasteiger partial charge in [-0.1, -0.05) is 48.5 Å². The number of nitrogens with one attached hydrogen (secondary N) is 2. The molecule has 2 amide bonds. The van der Waals surface area contributed by atoms with E-state index in [0.717, 1.165) is 24.0 Å². The minimum Gasteiger partial charge on any atom is -0.548 e. The van der Waals surface area contributed by atoms with Crippen molar-refractivity contribution >= 4 is 23.8 Å². The predicted molar refractivity (Wildman–Crippen MR) is 141 cm³/mol. The summed E-state index contributed by atoms with van der Waals surface area (Å²) in [5.41, 5.74) is 4.73. The number of carboxylic acids is 2. The van der Waals surface area contributed by atoms with Crippen molar-refractivity contribution in [2.75, 3.05) is 13.1 Å². The third kappa shape index (κ3) is 6.81. The molecule has 4 atom stereocenters. The van der Waals surface area contributed by atoms with Gasteiger partial charge < -0.3 is 40.2 Å². The molecule has 10 nitrogen and oxygen atoms in total. The van der Waals surface area contributed by atoms with Crippen molar-refractivity contribution in [2.24, 2.45) is 0 Å². The molecular formula is C30H34CuN4O6. The van der Waals surface area contributed by atoms with Crippen LogP contribution in [0, 0.1) is 0 Å². The summed E-state index contributed by atoms with van der Waals surface area (Å²) in [7, 11) is 0. The molecule has 6 rings (SSSR count). The Labute approximate surface area is 249 Å². The first-order valence-electron chi connectivity index (χ1n) is 14.0. The van der Waals surface area contributed by atoms with E-state index in [1.54, 1.807) is 0 Å². The van der Waals surface area contributed by atoms with Crippen LogP contribution in [0.4, 0.5) is 0 Å². The van der Waals surface area contributed by atoms with E-state index in [4.69, 9.17) is 0 Å². The van der Waals surface area contributed by atoms with Gasteiger partial charge in [-0.25, -0.2) is 0 Å². The van der Waals surface area contributed by atoms with Gasteiger partial charge in [-0.15, -0.1) is 0 Å². The molecule has 0 spiro atoms. The standard InChI is InChI=1S/2C15H18N2O3.Cu/c2*18-14(17-7-3-6-13(17)15(19)20)12-8-10-4-1-2-5-11(10)9-16-12;/h2*1-2,4-5,12-13,16H,3,6-9H2,(H,19,20);/q;;+2/p-2/t2*12-,13?;/m00./s1. The molecule has 2 aromatic rings. The van der Waals surface area contributed by atoms with Gasteiger partial charge >= 0.3 is 17.1 Å².